The van der Waals surface area contributed by atoms with Crippen molar-refractivity contribution in [3.8, 4) is 0 Å². The average Bonchev–Trinajstić information content (AvgIpc) is 2.74. The third-order valence-electron chi connectivity index (χ3n) is 5.50. The molecule has 2 aliphatic rings. The van der Waals surface area contributed by atoms with E-state index in [0.717, 1.165) is 58.8 Å². The Kier molecular flexibility index (Phi) is 6.18. The van der Waals surface area contributed by atoms with Crippen molar-refractivity contribution in [2.24, 2.45) is 5.73 Å². The second-order valence-electron chi connectivity index (χ2n) is 7.31. The van der Waals surface area contributed by atoms with Crippen molar-refractivity contribution >= 4 is 28.8 Å². The van der Waals surface area contributed by atoms with Crippen LogP contribution in [-0.2, 0) is 0 Å². The van der Waals surface area contributed by atoms with Crippen molar-refractivity contribution in [3.05, 3.63) is 53.9 Å². The summed E-state index contributed by atoms with van der Waals surface area (Å²) in [5, 5.41) is 0. The fourth-order valence-corrected chi connectivity index (χ4v) is 5.08. The molecule has 2 heterocycles. The van der Waals surface area contributed by atoms with Gasteiger partial charge in [-0.2, -0.15) is 0 Å². The Labute approximate surface area is 171 Å². The first-order chi connectivity index (χ1) is 13.8. The Bertz CT molecular complexity index is 854. The Hall–Kier alpha value is -2.04. The smallest absolute Gasteiger partial charge is 0.189 e. The van der Waals surface area contributed by atoms with E-state index in [-0.39, 0.29) is 0 Å². The highest BCUT2D eigenvalue weighted by molar-refractivity contribution is 7.99. The van der Waals surface area contributed by atoms with Gasteiger partial charge in [0.25, 0.3) is 0 Å². The summed E-state index contributed by atoms with van der Waals surface area (Å²) in [6.07, 6.45) is 1.11. The molecule has 4 rings (SSSR count). The first-order valence-corrected chi connectivity index (χ1v) is 10.8. The molecule has 2 aliphatic heterocycles. The first kappa shape index (κ1) is 19.3. The number of hydrogen-bond donors (Lipinski definition) is 1. The van der Waals surface area contributed by atoms with Crippen LogP contribution in [0, 0.1) is 6.57 Å². The molecule has 28 heavy (non-hydrogen) atoms. The summed E-state index contributed by atoms with van der Waals surface area (Å²) in [6.45, 7) is 15.7. The molecule has 0 amide bonds. The summed E-state index contributed by atoms with van der Waals surface area (Å²) in [5.41, 5.74) is 8.81. The van der Waals surface area contributed by atoms with E-state index < -0.39 is 0 Å². The van der Waals surface area contributed by atoms with Gasteiger partial charge in [-0.05, 0) is 31.2 Å². The number of nitrogens with two attached hydrogens (primary N) is 1. The molecule has 0 aromatic heterocycles. The summed E-state index contributed by atoms with van der Waals surface area (Å²) in [5.74, 6) is 0. The second-order valence-corrected chi connectivity index (χ2v) is 8.39. The summed E-state index contributed by atoms with van der Waals surface area (Å²) in [4.78, 5) is 13.6. The lowest BCUT2D eigenvalue weighted by Gasteiger charge is -2.36. The van der Waals surface area contributed by atoms with Gasteiger partial charge in [-0.25, -0.2) is 4.85 Å². The number of fused-ring (bicyclic) bond motifs is 2. The molecule has 2 aromatic rings. The maximum Gasteiger partial charge on any atom is 0.189 e. The molecule has 0 saturated carbocycles. The molecular formula is C22H27N5S. The van der Waals surface area contributed by atoms with Gasteiger partial charge in [-0.3, -0.25) is 4.90 Å². The molecular weight excluding hydrogens is 366 g/mol. The topological polar surface area (TPSA) is 40.1 Å². The van der Waals surface area contributed by atoms with E-state index >= 15 is 0 Å². The minimum Gasteiger partial charge on any atom is -0.341 e. The molecule has 0 aliphatic carbocycles. The third-order valence-corrected chi connectivity index (χ3v) is 6.63. The van der Waals surface area contributed by atoms with Crippen LogP contribution in [0.15, 0.2) is 52.3 Å². The number of nitrogens with zero attached hydrogens (tertiary/aromatic N) is 4. The van der Waals surface area contributed by atoms with E-state index in [1.807, 2.05) is 12.1 Å². The Balaban J connectivity index is 1.44. The standard InChI is InChI=1S/C22H27N5S/c1-24-18-7-8-22-20(17-18)27(19-5-2-3-6-21(19)28-22)11-4-10-25-13-15-26(12-9-23)16-14-25/h2-3,5-8,17H,4,9-16,23H2. The molecule has 2 N–H and O–H groups in total. The number of benzene rings is 2. The van der Waals surface area contributed by atoms with Gasteiger partial charge < -0.3 is 15.5 Å². The highest BCUT2D eigenvalue weighted by Gasteiger charge is 2.23. The third kappa shape index (κ3) is 4.18. The van der Waals surface area contributed by atoms with Crippen molar-refractivity contribution in [3.63, 3.8) is 0 Å². The summed E-state index contributed by atoms with van der Waals surface area (Å²) in [6, 6.07) is 14.6. The van der Waals surface area contributed by atoms with Crippen LogP contribution in [-0.4, -0.2) is 62.2 Å². The molecule has 6 heteroatoms. The number of para-hydroxylation sites is 1. The van der Waals surface area contributed by atoms with Crippen molar-refractivity contribution in [1.29, 1.82) is 0 Å². The van der Waals surface area contributed by atoms with Gasteiger partial charge in [0, 0.05) is 61.3 Å². The van der Waals surface area contributed by atoms with Crippen molar-refractivity contribution in [1.82, 2.24) is 9.80 Å². The largest absolute Gasteiger partial charge is 0.341 e. The minimum atomic E-state index is 0.708. The molecule has 146 valence electrons. The van der Waals surface area contributed by atoms with E-state index in [0.29, 0.717) is 5.69 Å². The second kappa shape index (κ2) is 8.97. The van der Waals surface area contributed by atoms with Crippen molar-refractivity contribution in [2.75, 3.05) is 57.3 Å². The predicted molar refractivity (Wildman–Crippen MR) is 117 cm³/mol. The molecule has 0 spiro atoms. The van der Waals surface area contributed by atoms with Crippen LogP contribution in [0.1, 0.15) is 6.42 Å². The average molecular weight is 394 g/mol. The van der Waals surface area contributed by atoms with Crippen molar-refractivity contribution in [2.45, 2.75) is 16.2 Å². The van der Waals surface area contributed by atoms with Crippen LogP contribution in [0.5, 0.6) is 0 Å². The van der Waals surface area contributed by atoms with Gasteiger partial charge in [0.2, 0.25) is 0 Å². The fraction of sp³-hybridized carbons (Fsp3) is 0.409. The van der Waals surface area contributed by atoms with Crippen molar-refractivity contribution < 1.29 is 0 Å². The Morgan fingerprint density at radius 2 is 1.61 bits per heavy atom. The van der Waals surface area contributed by atoms with Crippen LogP contribution < -0.4 is 10.6 Å². The molecule has 1 saturated heterocycles. The number of rotatable bonds is 6. The molecule has 0 radical (unpaired) electrons. The van der Waals surface area contributed by atoms with Crippen LogP contribution in [0.3, 0.4) is 0 Å². The zero-order valence-electron chi connectivity index (χ0n) is 16.2. The fourth-order valence-electron chi connectivity index (χ4n) is 4.00. The normalized spacial score (nSPS) is 17.1. The maximum atomic E-state index is 7.37. The summed E-state index contributed by atoms with van der Waals surface area (Å²) < 4.78 is 0. The summed E-state index contributed by atoms with van der Waals surface area (Å²) in [7, 11) is 0. The molecule has 2 aromatic carbocycles. The van der Waals surface area contributed by atoms with Gasteiger partial charge in [-0.15, -0.1) is 0 Å². The van der Waals surface area contributed by atoms with Gasteiger partial charge in [0.15, 0.2) is 5.69 Å². The SMILES string of the molecule is [C-]#[N+]c1ccc2c(c1)N(CCCN1CCN(CCN)CC1)c1ccccc1S2. The van der Waals surface area contributed by atoms with Crippen LogP contribution in [0.2, 0.25) is 0 Å². The minimum absolute atomic E-state index is 0.708. The van der Waals surface area contributed by atoms with Gasteiger partial charge in [0.1, 0.15) is 0 Å². The van der Waals surface area contributed by atoms with Crippen LogP contribution in [0.25, 0.3) is 4.85 Å². The zero-order chi connectivity index (χ0) is 19.3. The van der Waals surface area contributed by atoms with Gasteiger partial charge in [-0.1, -0.05) is 36.0 Å². The van der Waals surface area contributed by atoms with Gasteiger partial charge in [0.05, 0.1) is 12.3 Å². The Morgan fingerprint density at radius 3 is 2.36 bits per heavy atom. The molecule has 5 nitrogen and oxygen atoms in total. The molecule has 0 bridgehead atoms. The van der Waals surface area contributed by atoms with Crippen LogP contribution >= 0.6 is 11.8 Å². The number of hydrogen-bond acceptors (Lipinski definition) is 5. The van der Waals surface area contributed by atoms with Gasteiger partial charge >= 0.3 is 0 Å². The van der Waals surface area contributed by atoms with E-state index in [1.165, 1.54) is 21.2 Å². The lowest BCUT2D eigenvalue weighted by atomic mass is 10.2. The number of anilines is 2. The molecule has 0 atom stereocenters. The lowest BCUT2D eigenvalue weighted by molar-refractivity contribution is 0.134. The monoisotopic (exact) mass is 393 g/mol. The van der Waals surface area contributed by atoms with E-state index in [2.05, 4.69) is 49.9 Å². The van der Waals surface area contributed by atoms with E-state index in [9.17, 15) is 0 Å². The van der Waals surface area contributed by atoms with E-state index in [4.69, 9.17) is 12.3 Å². The Morgan fingerprint density at radius 1 is 0.893 bits per heavy atom. The first-order valence-electron chi connectivity index (χ1n) is 9.99. The van der Waals surface area contributed by atoms with Crippen LogP contribution in [0.4, 0.5) is 17.1 Å². The summed E-state index contributed by atoms with van der Waals surface area (Å²) >= 11 is 1.80. The number of piperazine rings is 1. The maximum absolute atomic E-state index is 7.37. The predicted octanol–water partition coefficient (Wildman–Crippen LogP) is 3.81. The molecule has 1 fully saturated rings. The molecule has 0 unspecified atom stereocenters. The lowest BCUT2D eigenvalue weighted by Crippen LogP contribution is -2.48. The highest BCUT2D eigenvalue weighted by atomic mass is 32.2. The quantitative estimate of drug-likeness (QED) is 0.756. The van der Waals surface area contributed by atoms with E-state index in [1.54, 1.807) is 11.8 Å². The zero-order valence-corrected chi connectivity index (χ0v) is 17.0. The highest BCUT2D eigenvalue weighted by Crippen LogP contribution is 2.49.